The van der Waals surface area contributed by atoms with Crippen molar-refractivity contribution < 1.29 is 19.1 Å². The number of hydrogen-bond donors (Lipinski definition) is 2. The molecule has 0 unspecified atom stereocenters. The summed E-state index contributed by atoms with van der Waals surface area (Å²) in [7, 11) is 0. The molecular weight excluding hydrogens is 258 g/mol. The number of ether oxygens (including phenoxy) is 1. The van der Waals surface area contributed by atoms with Gasteiger partial charge in [-0.15, -0.1) is 0 Å². The van der Waals surface area contributed by atoms with Crippen molar-refractivity contribution in [3.63, 3.8) is 0 Å². The smallest absolute Gasteiger partial charge is 0.371 e. The quantitative estimate of drug-likeness (QED) is 0.759. The van der Waals surface area contributed by atoms with Gasteiger partial charge in [-0.05, 0) is 25.1 Å². The van der Waals surface area contributed by atoms with E-state index in [4.69, 9.17) is 14.3 Å². The molecule has 106 valence electrons. The molecule has 0 aliphatic carbocycles. The first-order chi connectivity index (χ1) is 9.66. The molecule has 0 aliphatic heterocycles. The van der Waals surface area contributed by atoms with E-state index in [2.05, 4.69) is 5.32 Å². The summed E-state index contributed by atoms with van der Waals surface area (Å²) in [6.45, 7) is 3.53. The van der Waals surface area contributed by atoms with Crippen LogP contribution in [0.15, 0.2) is 40.8 Å². The van der Waals surface area contributed by atoms with Crippen LogP contribution in [-0.4, -0.2) is 24.2 Å². The maximum atomic E-state index is 10.8. The molecule has 0 radical (unpaired) electrons. The third-order valence-corrected chi connectivity index (χ3v) is 2.84. The van der Waals surface area contributed by atoms with E-state index in [1.807, 2.05) is 30.3 Å². The van der Waals surface area contributed by atoms with E-state index in [1.165, 1.54) is 0 Å². The van der Waals surface area contributed by atoms with Crippen molar-refractivity contribution >= 4 is 5.97 Å². The fourth-order valence-electron chi connectivity index (χ4n) is 1.78. The number of aryl methyl sites for hydroxylation is 1. The van der Waals surface area contributed by atoms with Crippen LogP contribution in [0.5, 0.6) is 5.75 Å². The van der Waals surface area contributed by atoms with Gasteiger partial charge in [-0.25, -0.2) is 4.79 Å². The molecule has 0 spiro atoms. The second kappa shape index (κ2) is 6.77. The van der Waals surface area contributed by atoms with Crippen LogP contribution in [0.1, 0.15) is 21.9 Å². The first kappa shape index (κ1) is 14.1. The molecule has 2 N–H and O–H groups in total. The summed E-state index contributed by atoms with van der Waals surface area (Å²) in [5, 5.41) is 12.0. The van der Waals surface area contributed by atoms with Gasteiger partial charge in [-0.2, -0.15) is 0 Å². The second-order valence-corrected chi connectivity index (χ2v) is 4.34. The number of benzene rings is 1. The van der Waals surface area contributed by atoms with Crippen LogP contribution in [0.4, 0.5) is 0 Å². The van der Waals surface area contributed by atoms with Crippen molar-refractivity contribution in [1.82, 2.24) is 5.32 Å². The maximum absolute atomic E-state index is 10.8. The Hall–Kier alpha value is -2.27. The first-order valence-corrected chi connectivity index (χ1v) is 6.38. The number of carboxylic acid groups (broad SMARTS) is 1. The van der Waals surface area contributed by atoms with Crippen LogP contribution < -0.4 is 10.1 Å². The lowest BCUT2D eigenvalue weighted by Crippen LogP contribution is -2.20. The Bertz CT molecular complexity index is 563. The molecular formula is C15H17NO4. The van der Waals surface area contributed by atoms with Crippen LogP contribution in [0.2, 0.25) is 0 Å². The highest BCUT2D eigenvalue weighted by molar-refractivity contribution is 5.84. The molecule has 0 saturated heterocycles. The van der Waals surface area contributed by atoms with Crippen molar-refractivity contribution in [3.8, 4) is 5.75 Å². The summed E-state index contributed by atoms with van der Waals surface area (Å²) in [6.07, 6.45) is 0. The SMILES string of the molecule is Cc1oc(C(=O)O)cc1CNCCOc1ccccc1. The van der Waals surface area contributed by atoms with E-state index in [1.54, 1.807) is 13.0 Å². The number of carbonyl (C=O) groups is 1. The fourth-order valence-corrected chi connectivity index (χ4v) is 1.78. The molecule has 0 fully saturated rings. The standard InChI is InChI=1S/C15H17NO4/c1-11-12(9-14(20-11)15(17)18)10-16-7-8-19-13-5-3-2-4-6-13/h2-6,9,16H,7-8,10H2,1H3,(H,17,18). The monoisotopic (exact) mass is 275 g/mol. The zero-order valence-corrected chi connectivity index (χ0v) is 11.3. The maximum Gasteiger partial charge on any atom is 0.371 e. The van der Waals surface area contributed by atoms with Gasteiger partial charge in [0.25, 0.3) is 0 Å². The minimum Gasteiger partial charge on any atom is -0.492 e. The average molecular weight is 275 g/mol. The van der Waals surface area contributed by atoms with Crippen LogP contribution in [0.25, 0.3) is 0 Å². The molecule has 0 atom stereocenters. The van der Waals surface area contributed by atoms with Crippen molar-refractivity contribution in [2.75, 3.05) is 13.2 Å². The van der Waals surface area contributed by atoms with Crippen molar-refractivity contribution in [2.24, 2.45) is 0 Å². The molecule has 5 heteroatoms. The van der Waals surface area contributed by atoms with Crippen molar-refractivity contribution in [2.45, 2.75) is 13.5 Å². The molecule has 5 nitrogen and oxygen atoms in total. The van der Waals surface area contributed by atoms with Gasteiger partial charge < -0.3 is 19.6 Å². The van der Waals surface area contributed by atoms with Gasteiger partial charge in [-0.3, -0.25) is 0 Å². The van der Waals surface area contributed by atoms with E-state index in [0.717, 1.165) is 11.3 Å². The lowest BCUT2D eigenvalue weighted by atomic mass is 10.2. The van der Waals surface area contributed by atoms with E-state index in [-0.39, 0.29) is 5.76 Å². The normalized spacial score (nSPS) is 10.4. The lowest BCUT2D eigenvalue weighted by Gasteiger charge is -2.06. The predicted octanol–water partition coefficient (Wildman–Crippen LogP) is 2.45. The van der Waals surface area contributed by atoms with E-state index in [0.29, 0.717) is 25.5 Å². The minimum atomic E-state index is -1.05. The van der Waals surface area contributed by atoms with Crippen molar-refractivity contribution in [3.05, 3.63) is 53.5 Å². The molecule has 2 rings (SSSR count). The Kier molecular flexibility index (Phi) is 4.79. The Labute approximate surface area is 117 Å². The minimum absolute atomic E-state index is 0.0279. The zero-order chi connectivity index (χ0) is 14.4. The summed E-state index contributed by atoms with van der Waals surface area (Å²) in [4.78, 5) is 10.8. The van der Waals surface area contributed by atoms with Crippen LogP contribution in [0.3, 0.4) is 0 Å². The molecule has 2 aromatic rings. The summed E-state index contributed by atoms with van der Waals surface area (Å²) in [5.41, 5.74) is 0.849. The Morgan fingerprint density at radius 2 is 2.10 bits per heavy atom. The number of nitrogens with one attached hydrogen (secondary N) is 1. The molecule has 0 aliphatic rings. The predicted molar refractivity (Wildman–Crippen MR) is 74.0 cm³/mol. The number of aromatic carboxylic acids is 1. The van der Waals surface area contributed by atoms with Gasteiger partial charge in [0, 0.05) is 18.7 Å². The molecule has 1 aromatic carbocycles. The third-order valence-electron chi connectivity index (χ3n) is 2.84. The number of furan rings is 1. The van der Waals surface area contributed by atoms with Gasteiger partial charge in [-0.1, -0.05) is 18.2 Å². The second-order valence-electron chi connectivity index (χ2n) is 4.34. The van der Waals surface area contributed by atoms with E-state index in [9.17, 15) is 4.79 Å². The van der Waals surface area contributed by atoms with E-state index >= 15 is 0 Å². The summed E-state index contributed by atoms with van der Waals surface area (Å²) in [6, 6.07) is 11.1. The zero-order valence-electron chi connectivity index (χ0n) is 11.3. The van der Waals surface area contributed by atoms with E-state index < -0.39 is 5.97 Å². The number of rotatable bonds is 7. The van der Waals surface area contributed by atoms with Gasteiger partial charge in [0.1, 0.15) is 18.1 Å². The van der Waals surface area contributed by atoms with Crippen LogP contribution >= 0.6 is 0 Å². The van der Waals surface area contributed by atoms with Gasteiger partial charge >= 0.3 is 5.97 Å². The highest BCUT2D eigenvalue weighted by Crippen LogP contribution is 2.14. The van der Waals surface area contributed by atoms with Gasteiger partial charge in [0.2, 0.25) is 5.76 Å². The summed E-state index contributed by atoms with van der Waals surface area (Å²) < 4.78 is 10.7. The van der Waals surface area contributed by atoms with Crippen LogP contribution in [0, 0.1) is 6.92 Å². The number of carboxylic acids is 1. The number of para-hydroxylation sites is 1. The largest absolute Gasteiger partial charge is 0.492 e. The lowest BCUT2D eigenvalue weighted by molar-refractivity contribution is 0.0661. The van der Waals surface area contributed by atoms with Gasteiger partial charge in [0.15, 0.2) is 0 Å². The summed E-state index contributed by atoms with van der Waals surface area (Å²) in [5.74, 6) is 0.382. The molecule has 1 heterocycles. The highest BCUT2D eigenvalue weighted by atomic mass is 16.5. The molecule has 1 aromatic heterocycles. The first-order valence-electron chi connectivity index (χ1n) is 6.38. The fraction of sp³-hybridized carbons (Fsp3) is 0.267. The molecule has 0 amide bonds. The third kappa shape index (κ3) is 3.86. The molecule has 0 saturated carbocycles. The van der Waals surface area contributed by atoms with Crippen LogP contribution in [-0.2, 0) is 6.54 Å². The number of hydrogen-bond acceptors (Lipinski definition) is 4. The Balaban J connectivity index is 1.72. The highest BCUT2D eigenvalue weighted by Gasteiger charge is 2.12. The van der Waals surface area contributed by atoms with Crippen molar-refractivity contribution in [1.29, 1.82) is 0 Å². The molecule has 0 bridgehead atoms. The topological polar surface area (TPSA) is 71.7 Å². The molecule has 20 heavy (non-hydrogen) atoms. The van der Waals surface area contributed by atoms with Gasteiger partial charge in [0.05, 0.1) is 0 Å². The Morgan fingerprint density at radius 1 is 1.35 bits per heavy atom. The Morgan fingerprint density at radius 3 is 2.75 bits per heavy atom. The average Bonchev–Trinajstić information content (AvgIpc) is 2.81. The summed E-state index contributed by atoms with van der Waals surface area (Å²) >= 11 is 0.